The second kappa shape index (κ2) is 4.57. The molecule has 0 spiro atoms. The fourth-order valence-electron chi connectivity index (χ4n) is 0.923. The Morgan fingerprint density at radius 1 is 1.20 bits per heavy atom. The molecule has 0 aliphatic rings. The van der Waals surface area contributed by atoms with Gasteiger partial charge in [-0.05, 0) is 18.2 Å². The van der Waals surface area contributed by atoms with Gasteiger partial charge in [0.05, 0.1) is 4.92 Å². The Hall–Kier alpha value is -2.62. The average molecular weight is 204 g/mol. The highest BCUT2D eigenvalue weighted by molar-refractivity contribution is 5.74. The maximum atomic E-state index is 10.6. The zero-order chi connectivity index (χ0) is 11.3. The molecule has 0 aliphatic heterocycles. The average Bonchev–Trinajstić information content (AvgIpc) is 2.18. The maximum Gasteiger partial charge on any atom is 0.322 e. The molecule has 0 bridgehead atoms. The Labute approximate surface area is 82.9 Å². The SMILES string of the molecule is O=C=Nc1c[c]cc(N=C=O)c1[N+](=O)[O-]. The number of hydrogen-bond donors (Lipinski definition) is 0. The van der Waals surface area contributed by atoms with Gasteiger partial charge >= 0.3 is 5.69 Å². The van der Waals surface area contributed by atoms with Gasteiger partial charge < -0.3 is 0 Å². The first-order valence-electron chi connectivity index (χ1n) is 3.55. The van der Waals surface area contributed by atoms with Crippen molar-refractivity contribution in [1.82, 2.24) is 0 Å². The second-order valence-electron chi connectivity index (χ2n) is 2.24. The van der Waals surface area contributed by atoms with Crippen molar-refractivity contribution in [1.29, 1.82) is 0 Å². The van der Waals surface area contributed by atoms with Crippen LogP contribution in [0.2, 0.25) is 0 Å². The largest absolute Gasteiger partial charge is 0.322 e. The third-order valence-electron chi connectivity index (χ3n) is 1.44. The zero-order valence-corrected chi connectivity index (χ0v) is 7.13. The van der Waals surface area contributed by atoms with E-state index in [0.717, 1.165) is 24.3 Å². The minimum Gasteiger partial charge on any atom is -0.258 e. The van der Waals surface area contributed by atoms with Crippen molar-refractivity contribution < 1.29 is 14.5 Å². The molecule has 7 heteroatoms. The van der Waals surface area contributed by atoms with E-state index in [0.29, 0.717) is 0 Å². The molecule has 1 radical (unpaired) electrons. The number of hydrogen-bond acceptors (Lipinski definition) is 6. The Bertz CT molecular complexity index is 462. The minimum absolute atomic E-state index is 0.258. The summed E-state index contributed by atoms with van der Waals surface area (Å²) in [6.07, 6.45) is 2.32. The van der Waals surface area contributed by atoms with Crippen LogP contribution < -0.4 is 0 Å². The lowest BCUT2D eigenvalue weighted by molar-refractivity contribution is -0.383. The first kappa shape index (κ1) is 10.5. The van der Waals surface area contributed by atoms with Crippen molar-refractivity contribution >= 4 is 29.2 Å². The molecule has 0 aliphatic carbocycles. The van der Waals surface area contributed by atoms with Crippen LogP contribution >= 0.6 is 0 Å². The van der Waals surface area contributed by atoms with Crippen molar-refractivity contribution in [2.24, 2.45) is 9.98 Å². The summed E-state index contributed by atoms with van der Waals surface area (Å²) >= 11 is 0. The molecule has 15 heavy (non-hydrogen) atoms. The summed E-state index contributed by atoms with van der Waals surface area (Å²) in [6, 6.07) is 4.68. The first-order chi connectivity index (χ1) is 7.20. The number of rotatable bonds is 3. The first-order valence-corrected chi connectivity index (χ1v) is 3.55. The Morgan fingerprint density at radius 2 is 1.67 bits per heavy atom. The van der Waals surface area contributed by atoms with Crippen LogP contribution in [0.1, 0.15) is 0 Å². The van der Waals surface area contributed by atoms with E-state index in [1.54, 1.807) is 0 Å². The van der Waals surface area contributed by atoms with Crippen molar-refractivity contribution in [2.45, 2.75) is 0 Å². The summed E-state index contributed by atoms with van der Waals surface area (Å²) in [6.45, 7) is 0. The molecule has 0 N–H and O–H groups in total. The summed E-state index contributed by atoms with van der Waals surface area (Å²) in [5.74, 6) is 0. The number of isocyanates is 2. The fourth-order valence-corrected chi connectivity index (χ4v) is 0.923. The van der Waals surface area contributed by atoms with Gasteiger partial charge in [0.1, 0.15) is 0 Å². The van der Waals surface area contributed by atoms with Crippen LogP contribution in [-0.2, 0) is 9.59 Å². The van der Waals surface area contributed by atoms with E-state index >= 15 is 0 Å². The Balaban J connectivity index is 3.54. The van der Waals surface area contributed by atoms with Gasteiger partial charge in [-0.25, -0.2) is 9.59 Å². The van der Waals surface area contributed by atoms with Crippen LogP contribution in [0.5, 0.6) is 0 Å². The van der Waals surface area contributed by atoms with Crippen molar-refractivity contribution in [3.8, 4) is 0 Å². The molecular formula is C8H2N3O4. The number of nitro benzene ring substituents is 1. The molecule has 0 heterocycles. The number of aliphatic imine (C=N–C) groups is 2. The van der Waals surface area contributed by atoms with E-state index in [1.165, 1.54) is 0 Å². The van der Waals surface area contributed by atoms with E-state index in [4.69, 9.17) is 0 Å². The van der Waals surface area contributed by atoms with Gasteiger partial charge in [0.15, 0.2) is 11.4 Å². The lowest BCUT2D eigenvalue weighted by Crippen LogP contribution is -1.89. The summed E-state index contributed by atoms with van der Waals surface area (Å²) in [4.78, 5) is 36.0. The van der Waals surface area contributed by atoms with Crippen molar-refractivity contribution in [2.75, 3.05) is 0 Å². The van der Waals surface area contributed by atoms with E-state index < -0.39 is 10.6 Å². The molecule has 1 aromatic rings. The molecule has 0 unspecified atom stereocenters. The third kappa shape index (κ3) is 2.19. The highest BCUT2D eigenvalue weighted by Gasteiger charge is 2.19. The predicted octanol–water partition coefficient (Wildman–Crippen LogP) is 1.33. The van der Waals surface area contributed by atoms with Crippen LogP contribution in [-0.4, -0.2) is 17.1 Å². The van der Waals surface area contributed by atoms with Crippen LogP contribution in [0.4, 0.5) is 17.1 Å². The van der Waals surface area contributed by atoms with Gasteiger partial charge in [0.25, 0.3) is 0 Å². The lowest BCUT2D eigenvalue weighted by atomic mass is 10.2. The Kier molecular flexibility index (Phi) is 3.19. The summed E-state index contributed by atoms with van der Waals surface area (Å²) in [5.41, 5.74) is -1.07. The summed E-state index contributed by atoms with van der Waals surface area (Å²) in [7, 11) is 0. The molecule has 0 atom stereocenters. The summed E-state index contributed by atoms with van der Waals surface area (Å²) in [5, 5.41) is 10.6. The van der Waals surface area contributed by atoms with Crippen LogP contribution in [0.25, 0.3) is 0 Å². The van der Waals surface area contributed by atoms with Gasteiger partial charge in [-0.3, -0.25) is 10.1 Å². The van der Waals surface area contributed by atoms with E-state index in [1.807, 2.05) is 0 Å². The third-order valence-corrected chi connectivity index (χ3v) is 1.44. The molecule has 0 fully saturated rings. The monoisotopic (exact) mass is 204 g/mol. The number of benzene rings is 1. The molecule has 0 saturated carbocycles. The van der Waals surface area contributed by atoms with Gasteiger partial charge in [0.2, 0.25) is 12.2 Å². The van der Waals surface area contributed by atoms with E-state index in [2.05, 4.69) is 16.1 Å². The zero-order valence-electron chi connectivity index (χ0n) is 7.13. The highest BCUT2D eigenvalue weighted by atomic mass is 16.6. The van der Waals surface area contributed by atoms with Gasteiger partial charge in [-0.15, -0.1) is 0 Å². The fraction of sp³-hybridized carbons (Fsp3) is 0. The quantitative estimate of drug-likeness (QED) is 0.320. The molecular weight excluding hydrogens is 202 g/mol. The molecule has 1 rings (SSSR count). The van der Waals surface area contributed by atoms with E-state index in [9.17, 15) is 19.7 Å². The summed E-state index contributed by atoms with van der Waals surface area (Å²) < 4.78 is 0. The number of nitrogens with zero attached hydrogens (tertiary/aromatic N) is 3. The standard InChI is InChI=1S/C8H2N3O4/c12-4-9-6-2-1-3-7(10-5-13)8(6)11(14)15/h2-3H. The molecule has 73 valence electrons. The smallest absolute Gasteiger partial charge is 0.258 e. The highest BCUT2D eigenvalue weighted by Crippen LogP contribution is 2.35. The lowest BCUT2D eigenvalue weighted by Gasteiger charge is -1.96. The Morgan fingerprint density at radius 3 is 2.00 bits per heavy atom. The van der Waals surface area contributed by atoms with Crippen molar-refractivity contribution in [3.05, 3.63) is 28.3 Å². The van der Waals surface area contributed by atoms with Crippen LogP contribution in [0.15, 0.2) is 22.1 Å². The molecule has 7 nitrogen and oxygen atoms in total. The van der Waals surface area contributed by atoms with Crippen LogP contribution in [0.3, 0.4) is 0 Å². The molecule has 0 aromatic heterocycles. The molecule has 0 saturated heterocycles. The van der Waals surface area contributed by atoms with Crippen molar-refractivity contribution in [3.63, 3.8) is 0 Å². The number of nitro groups is 1. The maximum absolute atomic E-state index is 10.6. The van der Waals surface area contributed by atoms with E-state index in [-0.39, 0.29) is 11.4 Å². The molecule has 1 aromatic carbocycles. The molecule has 0 amide bonds. The van der Waals surface area contributed by atoms with Gasteiger partial charge in [-0.1, -0.05) is 0 Å². The minimum atomic E-state index is -0.805. The predicted molar refractivity (Wildman–Crippen MR) is 47.5 cm³/mol. The van der Waals surface area contributed by atoms with Gasteiger partial charge in [0, 0.05) is 0 Å². The topological polar surface area (TPSA) is 102 Å². The van der Waals surface area contributed by atoms with Gasteiger partial charge in [-0.2, -0.15) is 9.98 Å². The number of carbonyl (C=O) groups excluding carboxylic acids is 2. The van der Waals surface area contributed by atoms with Crippen LogP contribution in [0, 0.1) is 16.2 Å². The normalized spacial score (nSPS) is 8.53. The second-order valence-corrected chi connectivity index (χ2v) is 2.24.